The van der Waals surface area contributed by atoms with Crippen molar-refractivity contribution in [2.24, 2.45) is 11.3 Å². The highest BCUT2D eigenvalue weighted by Gasteiger charge is 2.44. The lowest BCUT2D eigenvalue weighted by Crippen LogP contribution is -2.33. The maximum Gasteiger partial charge on any atom is 0.461 e. The van der Waals surface area contributed by atoms with Gasteiger partial charge in [-0.15, -0.1) is 0 Å². The molecule has 0 bridgehead atoms. The average Bonchev–Trinajstić information content (AvgIpc) is 2.35. The maximum absolute atomic E-state index is 12.9. The van der Waals surface area contributed by atoms with Gasteiger partial charge in [0, 0.05) is 12.0 Å². The topological polar surface area (TPSA) is 26.3 Å². The Kier molecular flexibility index (Phi) is 6.19. The van der Waals surface area contributed by atoms with E-state index < -0.39 is 18.3 Å². The van der Waals surface area contributed by atoms with Crippen LogP contribution in [-0.4, -0.2) is 18.3 Å². The summed E-state index contributed by atoms with van der Waals surface area (Å²) in [5, 5.41) is 0. The van der Waals surface area contributed by atoms with Crippen molar-refractivity contribution < 1.29 is 27.1 Å². The summed E-state index contributed by atoms with van der Waals surface area (Å²) < 4.78 is 54.1. The molecule has 0 radical (unpaired) electrons. The number of alkyl halides is 4. The van der Waals surface area contributed by atoms with Crippen molar-refractivity contribution in [3.63, 3.8) is 0 Å². The first-order chi connectivity index (χ1) is 10.4. The van der Waals surface area contributed by atoms with Crippen molar-refractivity contribution in [3.05, 3.63) is 29.8 Å². The van der Waals surface area contributed by atoms with Crippen LogP contribution in [-0.2, 0) is 0 Å². The molecule has 23 heavy (non-hydrogen) atoms. The summed E-state index contributed by atoms with van der Waals surface area (Å²) in [6, 6.07) is 4.98. The van der Waals surface area contributed by atoms with Gasteiger partial charge in [0.1, 0.15) is 5.75 Å². The number of halogens is 4. The molecule has 0 saturated heterocycles. The first-order valence-corrected chi connectivity index (χ1v) is 7.39. The smallest absolute Gasteiger partial charge is 0.428 e. The predicted octanol–water partition coefficient (Wildman–Crippen LogP) is 5.57. The van der Waals surface area contributed by atoms with E-state index in [1.807, 2.05) is 6.92 Å². The molecule has 0 aliphatic heterocycles. The first kappa shape index (κ1) is 19.5. The van der Waals surface area contributed by atoms with Gasteiger partial charge in [-0.25, -0.2) is 0 Å². The van der Waals surface area contributed by atoms with Crippen molar-refractivity contribution in [2.45, 2.75) is 53.1 Å². The summed E-state index contributed by atoms with van der Waals surface area (Å²) in [5.74, 6) is -0.563. The van der Waals surface area contributed by atoms with E-state index in [1.54, 1.807) is 0 Å². The molecule has 1 aromatic rings. The second-order valence-corrected chi connectivity index (χ2v) is 6.99. The third kappa shape index (κ3) is 6.59. The molecule has 1 atom stereocenters. The average molecular weight is 334 g/mol. The van der Waals surface area contributed by atoms with E-state index in [9.17, 15) is 22.4 Å². The normalized spacial score (nSPS) is 14.0. The number of benzene rings is 1. The van der Waals surface area contributed by atoms with Gasteiger partial charge in [-0.2, -0.15) is 17.6 Å². The molecule has 1 aromatic carbocycles. The van der Waals surface area contributed by atoms with Crippen LogP contribution in [0.4, 0.5) is 17.6 Å². The molecule has 0 aliphatic rings. The van der Waals surface area contributed by atoms with Gasteiger partial charge in [-0.05, 0) is 29.9 Å². The Morgan fingerprint density at radius 2 is 1.83 bits per heavy atom. The Morgan fingerprint density at radius 3 is 2.35 bits per heavy atom. The van der Waals surface area contributed by atoms with Crippen LogP contribution in [0.3, 0.4) is 0 Å². The number of Topliss-reactive ketones (excluding diaryl/α,β-unsaturated/α-hetero) is 1. The van der Waals surface area contributed by atoms with Gasteiger partial charge < -0.3 is 4.74 Å². The summed E-state index contributed by atoms with van der Waals surface area (Å²) in [7, 11) is 0. The predicted molar refractivity (Wildman–Crippen MR) is 80.2 cm³/mol. The molecule has 2 nitrogen and oxygen atoms in total. The van der Waals surface area contributed by atoms with Crippen LogP contribution in [0.15, 0.2) is 24.3 Å². The van der Waals surface area contributed by atoms with Crippen molar-refractivity contribution in [1.82, 2.24) is 0 Å². The van der Waals surface area contributed by atoms with Crippen molar-refractivity contribution >= 4 is 5.78 Å². The van der Waals surface area contributed by atoms with Gasteiger partial charge in [0.05, 0.1) is 0 Å². The molecule has 1 unspecified atom stereocenters. The molecule has 0 heterocycles. The SMILES string of the molecule is CC(CC(=O)c1cccc(OC(F)(F)C(F)F)c1)CC(C)(C)C. The zero-order valence-electron chi connectivity index (χ0n) is 13.7. The molecule has 130 valence electrons. The van der Waals surface area contributed by atoms with E-state index in [0.29, 0.717) is 0 Å². The summed E-state index contributed by atoms with van der Waals surface area (Å²) in [6.07, 6.45) is -7.43. The summed E-state index contributed by atoms with van der Waals surface area (Å²) >= 11 is 0. The van der Waals surface area contributed by atoms with E-state index in [4.69, 9.17) is 0 Å². The molecule has 0 fully saturated rings. The van der Waals surface area contributed by atoms with Gasteiger partial charge >= 0.3 is 12.5 Å². The Bertz CT molecular complexity index is 536. The monoisotopic (exact) mass is 334 g/mol. The summed E-state index contributed by atoms with van der Waals surface area (Å²) in [6.45, 7) is 8.13. The van der Waals surface area contributed by atoms with Gasteiger partial charge in [0.25, 0.3) is 0 Å². The third-order valence-electron chi connectivity index (χ3n) is 3.16. The number of ketones is 1. The quantitative estimate of drug-likeness (QED) is 0.481. The highest BCUT2D eigenvalue weighted by Crippen LogP contribution is 2.29. The van der Waals surface area contributed by atoms with Crippen molar-refractivity contribution in [2.75, 3.05) is 0 Å². The van der Waals surface area contributed by atoms with Crippen LogP contribution in [0, 0.1) is 11.3 Å². The fourth-order valence-electron chi connectivity index (χ4n) is 2.49. The fraction of sp³-hybridized carbons (Fsp3) is 0.588. The molecule has 0 amide bonds. The highest BCUT2D eigenvalue weighted by atomic mass is 19.3. The second kappa shape index (κ2) is 7.32. The van der Waals surface area contributed by atoms with Gasteiger partial charge in [-0.3, -0.25) is 4.79 Å². The molecule has 0 aromatic heterocycles. The van der Waals surface area contributed by atoms with Gasteiger partial charge in [-0.1, -0.05) is 39.8 Å². The molecule has 0 N–H and O–H groups in total. The van der Waals surface area contributed by atoms with E-state index in [-0.39, 0.29) is 29.1 Å². The zero-order chi connectivity index (χ0) is 17.8. The van der Waals surface area contributed by atoms with E-state index in [0.717, 1.165) is 18.6 Å². The number of rotatable bonds is 7. The van der Waals surface area contributed by atoms with E-state index in [1.165, 1.54) is 12.1 Å². The minimum Gasteiger partial charge on any atom is -0.428 e. The first-order valence-electron chi connectivity index (χ1n) is 7.39. The Balaban J connectivity index is 2.78. The number of ether oxygens (including phenoxy) is 1. The minimum atomic E-state index is -4.58. The minimum absolute atomic E-state index is 0.0734. The standard InChI is InChI=1S/C17H22F4O2/c1-11(10-16(2,3)4)8-14(22)12-6-5-7-13(9-12)23-17(20,21)15(18)19/h5-7,9,11,15H,8,10H2,1-4H3. The third-order valence-corrected chi connectivity index (χ3v) is 3.16. The summed E-state index contributed by atoms with van der Waals surface area (Å²) in [4.78, 5) is 12.2. The molecule has 0 spiro atoms. The van der Waals surface area contributed by atoms with Crippen LogP contribution >= 0.6 is 0 Å². The second-order valence-electron chi connectivity index (χ2n) is 6.99. The molecule has 6 heteroatoms. The number of hydrogen-bond donors (Lipinski definition) is 0. The molecule has 1 rings (SSSR count). The molecule has 0 aliphatic carbocycles. The van der Waals surface area contributed by atoms with Crippen LogP contribution in [0.1, 0.15) is 50.9 Å². The molecular weight excluding hydrogens is 312 g/mol. The lowest BCUT2D eigenvalue weighted by atomic mass is 9.83. The summed E-state index contributed by atoms with van der Waals surface area (Å²) in [5.41, 5.74) is 0.248. The van der Waals surface area contributed by atoms with E-state index in [2.05, 4.69) is 25.5 Å². The van der Waals surface area contributed by atoms with E-state index >= 15 is 0 Å². The van der Waals surface area contributed by atoms with Crippen LogP contribution in [0.25, 0.3) is 0 Å². The molecule has 0 saturated carbocycles. The number of carbonyl (C=O) groups excluding carboxylic acids is 1. The Labute approximate surface area is 133 Å². The lowest BCUT2D eigenvalue weighted by Gasteiger charge is -2.22. The van der Waals surface area contributed by atoms with Gasteiger partial charge in [0.2, 0.25) is 0 Å². The maximum atomic E-state index is 12.9. The zero-order valence-corrected chi connectivity index (χ0v) is 13.7. The van der Waals surface area contributed by atoms with Crippen LogP contribution in [0.5, 0.6) is 5.75 Å². The number of carbonyl (C=O) groups is 1. The van der Waals surface area contributed by atoms with Crippen LogP contribution in [0.2, 0.25) is 0 Å². The fourth-order valence-corrected chi connectivity index (χ4v) is 2.49. The van der Waals surface area contributed by atoms with Crippen LogP contribution < -0.4 is 4.74 Å². The number of hydrogen-bond acceptors (Lipinski definition) is 2. The Morgan fingerprint density at radius 1 is 1.22 bits per heavy atom. The molecular formula is C17H22F4O2. The largest absolute Gasteiger partial charge is 0.461 e. The van der Waals surface area contributed by atoms with Gasteiger partial charge in [0.15, 0.2) is 5.78 Å². The van der Waals surface area contributed by atoms with Crippen molar-refractivity contribution in [3.8, 4) is 5.75 Å². The Hall–Kier alpha value is -1.59. The highest BCUT2D eigenvalue weighted by molar-refractivity contribution is 5.96. The lowest BCUT2D eigenvalue weighted by molar-refractivity contribution is -0.253. The van der Waals surface area contributed by atoms with Crippen molar-refractivity contribution in [1.29, 1.82) is 0 Å².